The van der Waals surface area contributed by atoms with E-state index in [-0.39, 0.29) is 18.9 Å². The highest BCUT2D eigenvalue weighted by Crippen LogP contribution is 2.46. The van der Waals surface area contributed by atoms with Gasteiger partial charge in [-0.2, -0.15) is 0 Å². The lowest BCUT2D eigenvalue weighted by atomic mass is 10.0. The number of benzene rings is 1. The number of hydrogen-bond donors (Lipinski definition) is 2. The molecule has 31 heavy (non-hydrogen) atoms. The minimum atomic E-state index is -0.736. The first kappa shape index (κ1) is 21.8. The van der Waals surface area contributed by atoms with Crippen LogP contribution in [0.15, 0.2) is 29.8 Å². The van der Waals surface area contributed by atoms with Crippen LogP contribution in [0.25, 0.3) is 10.4 Å². The molecule has 166 valence electrons. The Balaban J connectivity index is 1.47. The first-order valence-electron chi connectivity index (χ1n) is 10.6. The van der Waals surface area contributed by atoms with E-state index in [2.05, 4.69) is 34.6 Å². The smallest absolute Gasteiger partial charge is 0.411 e. The molecule has 1 aliphatic heterocycles. The van der Waals surface area contributed by atoms with Gasteiger partial charge in [-0.1, -0.05) is 24.3 Å². The Morgan fingerprint density at radius 3 is 2.48 bits per heavy atom. The van der Waals surface area contributed by atoms with Gasteiger partial charge in [0.05, 0.1) is 34.3 Å². The van der Waals surface area contributed by atoms with Crippen LogP contribution in [0.4, 0.5) is 4.79 Å². The minimum absolute atomic E-state index is 0.100. The van der Waals surface area contributed by atoms with E-state index in [1.807, 2.05) is 12.4 Å². The summed E-state index contributed by atoms with van der Waals surface area (Å²) in [6.45, 7) is 7.44. The van der Waals surface area contributed by atoms with Gasteiger partial charge in [0.15, 0.2) is 0 Å². The molecule has 4 rings (SSSR count). The highest BCUT2D eigenvalue weighted by Gasteiger charge is 2.49. The predicted molar refractivity (Wildman–Crippen MR) is 119 cm³/mol. The molecule has 0 radical (unpaired) electrons. The maximum atomic E-state index is 13.1. The Morgan fingerprint density at radius 1 is 1.26 bits per heavy atom. The number of nitrogens with zero attached hydrogens (tertiary/aromatic N) is 2. The van der Waals surface area contributed by atoms with Gasteiger partial charge in [0.25, 0.3) is 0 Å². The largest absolute Gasteiger partial charge is 0.444 e. The van der Waals surface area contributed by atoms with Gasteiger partial charge in [0.2, 0.25) is 5.91 Å². The van der Waals surface area contributed by atoms with E-state index in [1.165, 1.54) is 4.90 Å². The lowest BCUT2D eigenvalue weighted by Crippen LogP contribution is -2.50. The Morgan fingerprint density at radius 2 is 1.94 bits per heavy atom. The van der Waals surface area contributed by atoms with Gasteiger partial charge in [-0.25, -0.2) is 9.78 Å². The third-order valence-electron chi connectivity index (χ3n) is 5.77. The van der Waals surface area contributed by atoms with Crippen LogP contribution in [-0.4, -0.2) is 51.3 Å². The standard InChI is InChI=1S/C23H29N3O4S/c1-14-19(31-13-24-14)15-5-7-16(8-6-15)23(9-10-23)25-20(28)18-11-17(27)12-26(18)21(29)30-22(2,3)4/h5-8,13,17-18,27H,9-12H2,1-4H3,(H,25,28)/t17-,18+/m1/s1. The summed E-state index contributed by atoms with van der Waals surface area (Å²) in [5.74, 6) is -0.248. The molecule has 7 nitrogen and oxygen atoms in total. The van der Waals surface area contributed by atoms with Gasteiger partial charge in [0, 0.05) is 6.42 Å². The molecule has 0 bridgehead atoms. The average Bonchev–Trinajstić information content (AvgIpc) is 3.15. The zero-order chi connectivity index (χ0) is 22.4. The predicted octanol–water partition coefficient (Wildman–Crippen LogP) is 3.59. The molecule has 8 heteroatoms. The Kier molecular flexibility index (Phi) is 5.55. The molecule has 1 aliphatic carbocycles. The number of thiazole rings is 1. The van der Waals surface area contributed by atoms with E-state index in [0.717, 1.165) is 34.5 Å². The lowest BCUT2D eigenvalue weighted by molar-refractivity contribution is -0.126. The number of nitrogens with one attached hydrogen (secondary N) is 1. The summed E-state index contributed by atoms with van der Waals surface area (Å²) < 4.78 is 5.43. The van der Waals surface area contributed by atoms with Gasteiger partial charge < -0.3 is 15.2 Å². The van der Waals surface area contributed by atoms with Crippen LogP contribution in [0.5, 0.6) is 0 Å². The number of rotatable bonds is 4. The van der Waals surface area contributed by atoms with Crippen LogP contribution < -0.4 is 5.32 Å². The van der Waals surface area contributed by atoms with Gasteiger partial charge in [0.1, 0.15) is 11.6 Å². The van der Waals surface area contributed by atoms with Crippen LogP contribution in [0.2, 0.25) is 0 Å². The van der Waals surface area contributed by atoms with E-state index < -0.39 is 29.4 Å². The molecule has 1 aromatic carbocycles. The zero-order valence-corrected chi connectivity index (χ0v) is 19.2. The normalized spacial score (nSPS) is 22.3. The van der Waals surface area contributed by atoms with Gasteiger partial charge in [-0.3, -0.25) is 9.69 Å². The number of aryl methyl sites for hydroxylation is 1. The fraction of sp³-hybridized carbons (Fsp3) is 0.522. The SMILES string of the molecule is Cc1ncsc1-c1ccc(C2(NC(=O)[C@@H]3C[C@@H](O)CN3C(=O)OC(C)(C)C)CC2)cc1. The molecular formula is C23H29N3O4S. The highest BCUT2D eigenvalue weighted by atomic mass is 32.1. The molecule has 0 spiro atoms. The highest BCUT2D eigenvalue weighted by molar-refractivity contribution is 7.13. The van der Waals surface area contributed by atoms with Crippen LogP contribution >= 0.6 is 11.3 Å². The number of amides is 2. The van der Waals surface area contributed by atoms with E-state index in [1.54, 1.807) is 32.1 Å². The molecular weight excluding hydrogens is 414 g/mol. The zero-order valence-electron chi connectivity index (χ0n) is 18.3. The van der Waals surface area contributed by atoms with E-state index >= 15 is 0 Å². The molecule has 1 aromatic heterocycles. The molecule has 2 aromatic rings. The summed E-state index contributed by atoms with van der Waals surface area (Å²) in [6.07, 6.45) is 0.599. The van der Waals surface area contributed by atoms with Crippen molar-refractivity contribution in [1.82, 2.24) is 15.2 Å². The molecule has 2 aliphatic rings. The second kappa shape index (κ2) is 7.91. The number of aliphatic hydroxyl groups is 1. The monoisotopic (exact) mass is 443 g/mol. The van der Waals surface area contributed by atoms with Crippen LogP contribution in [0.1, 0.15) is 51.3 Å². The van der Waals surface area contributed by atoms with Crippen LogP contribution in [0.3, 0.4) is 0 Å². The van der Waals surface area contributed by atoms with Crippen molar-refractivity contribution in [2.24, 2.45) is 0 Å². The number of likely N-dealkylation sites (tertiary alicyclic amines) is 1. The first-order valence-corrected chi connectivity index (χ1v) is 11.5. The number of aromatic nitrogens is 1. The molecule has 2 heterocycles. The topological polar surface area (TPSA) is 91.8 Å². The van der Waals surface area contributed by atoms with Crippen molar-refractivity contribution < 1.29 is 19.4 Å². The van der Waals surface area contributed by atoms with Crippen molar-refractivity contribution in [3.05, 3.63) is 41.0 Å². The van der Waals surface area contributed by atoms with Crippen LogP contribution in [0, 0.1) is 6.92 Å². The number of carbonyl (C=O) groups is 2. The van der Waals surface area contributed by atoms with Crippen molar-refractivity contribution in [2.75, 3.05) is 6.54 Å². The number of β-amino-alcohol motifs (C(OH)–C–C–N with tert-alkyl or cyclic N) is 1. The first-order chi connectivity index (χ1) is 14.6. The maximum Gasteiger partial charge on any atom is 0.411 e. The second-order valence-corrected chi connectivity index (χ2v) is 10.3. The summed E-state index contributed by atoms with van der Waals surface area (Å²) in [5.41, 5.74) is 3.94. The maximum absolute atomic E-state index is 13.1. The third-order valence-corrected chi connectivity index (χ3v) is 6.74. The Labute approximate surface area is 186 Å². The summed E-state index contributed by atoms with van der Waals surface area (Å²) in [5, 5.41) is 13.3. The molecule has 2 atom stereocenters. The second-order valence-electron chi connectivity index (χ2n) is 9.45. The number of ether oxygens (including phenoxy) is 1. The van der Waals surface area contributed by atoms with Crippen molar-refractivity contribution in [3.8, 4) is 10.4 Å². The molecule has 2 N–H and O–H groups in total. The summed E-state index contributed by atoms with van der Waals surface area (Å²) in [6, 6.07) is 7.50. The van der Waals surface area contributed by atoms with Crippen molar-refractivity contribution in [3.63, 3.8) is 0 Å². The van der Waals surface area contributed by atoms with Gasteiger partial charge >= 0.3 is 6.09 Å². The van der Waals surface area contributed by atoms with Crippen LogP contribution in [-0.2, 0) is 15.1 Å². The van der Waals surface area contributed by atoms with E-state index in [0.29, 0.717) is 0 Å². The fourth-order valence-corrected chi connectivity index (χ4v) is 4.85. The Bertz CT molecular complexity index is 975. The Hall–Kier alpha value is -2.45. The van der Waals surface area contributed by atoms with Gasteiger partial charge in [-0.05, 0) is 51.7 Å². The third kappa shape index (κ3) is 4.60. The molecule has 1 saturated heterocycles. The average molecular weight is 444 g/mol. The fourth-order valence-electron chi connectivity index (χ4n) is 4.03. The number of hydrogen-bond acceptors (Lipinski definition) is 6. The molecule has 2 fully saturated rings. The number of aliphatic hydroxyl groups excluding tert-OH is 1. The number of carbonyl (C=O) groups excluding carboxylic acids is 2. The van der Waals surface area contributed by atoms with E-state index in [9.17, 15) is 14.7 Å². The van der Waals surface area contributed by atoms with E-state index in [4.69, 9.17) is 4.74 Å². The van der Waals surface area contributed by atoms with Crippen molar-refractivity contribution >= 4 is 23.3 Å². The summed E-state index contributed by atoms with van der Waals surface area (Å²) >= 11 is 1.61. The van der Waals surface area contributed by atoms with Crippen molar-refractivity contribution in [1.29, 1.82) is 0 Å². The summed E-state index contributed by atoms with van der Waals surface area (Å²) in [4.78, 5) is 32.5. The molecule has 0 unspecified atom stereocenters. The lowest BCUT2D eigenvalue weighted by Gasteiger charge is -2.29. The molecule has 2 amide bonds. The minimum Gasteiger partial charge on any atom is -0.444 e. The van der Waals surface area contributed by atoms with Gasteiger partial charge in [-0.15, -0.1) is 11.3 Å². The summed E-state index contributed by atoms with van der Waals surface area (Å²) in [7, 11) is 0. The molecule has 1 saturated carbocycles. The quantitative estimate of drug-likeness (QED) is 0.753. The van der Waals surface area contributed by atoms with Crippen molar-refractivity contribution in [2.45, 2.75) is 70.2 Å².